The zero-order valence-corrected chi connectivity index (χ0v) is 13.6. The number of fused-ring (bicyclic) bond motifs is 2. The molecule has 0 aliphatic rings. The van der Waals surface area contributed by atoms with Crippen LogP contribution >= 0.6 is 0 Å². The van der Waals surface area contributed by atoms with Gasteiger partial charge in [-0.05, 0) is 25.1 Å². The lowest BCUT2D eigenvalue weighted by Crippen LogP contribution is -1.96. The molecule has 0 amide bonds. The summed E-state index contributed by atoms with van der Waals surface area (Å²) in [5, 5.41) is 7.42. The summed E-state index contributed by atoms with van der Waals surface area (Å²) in [7, 11) is 1.98. The van der Waals surface area contributed by atoms with E-state index in [2.05, 4.69) is 30.1 Å². The van der Waals surface area contributed by atoms with Gasteiger partial charge in [-0.15, -0.1) is 0 Å². The second kappa shape index (κ2) is 4.97. The molecule has 5 aromatic rings. The average Bonchev–Trinajstić information content (AvgIpc) is 3.31. The summed E-state index contributed by atoms with van der Waals surface area (Å²) in [6, 6.07) is 5.82. The van der Waals surface area contributed by atoms with Crippen LogP contribution in [0.2, 0.25) is 0 Å². The van der Waals surface area contributed by atoms with Crippen LogP contribution in [0.5, 0.6) is 0 Å². The van der Waals surface area contributed by atoms with Gasteiger partial charge in [0, 0.05) is 13.2 Å². The highest BCUT2D eigenvalue weighted by Crippen LogP contribution is 2.27. The fourth-order valence-corrected chi connectivity index (χ4v) is 2.92. The molecule has 0 aromatic carbocycles. The van der Waals surface area contributed by atoms with Crippen LogP contribution in [0.4, 0.5) is 0 Å². The molecule has 0 bridgehead atoms. The van der Waals surface area contributed by atoms with Gasteiger partial charge in [-0.1, -0.05) is 0 Å². The number of rotatable bonds is 2. The molecule has 5 heterocycles. The third-order valence-electron chi connectivity index (χ3n) is 4.40. The predicted octanol–water partition coefficient (Wildman–Crippen LogP) is 2.61. The van der Waals surface area contributed by atoms with Crippen LogP contribution in [0.15, 0.2) is 36.8 Å². The average molecular weight is 330 g/mol. The van der Waals surface area contributed by atoms with Crippen LogP contribution in [0.25, 0.3) is 45.0 Å². The molecule has 2 N–H and O–H groups in total. The lowest BCUT2D eigenvalue weighted by Gasteiger charge is -2.03. The Morgan fingerprint density at radius 2 is 1.96 bits per heavy atom. The number of pyridine rings is 2. The molecule has 0 aliphatic carbocycles. The van der Waals surface area contributed by atoms with Gasteiger partial charge in [0.15, 0.2) is 11.5 Å². The minimum atomic E-state index is 0.667. The first-order valence-electron chi connectivity index (χ1n) is 7.84. The van der Waals surface area contributed by atoms with Crippen molar-refractivity contribution in [3.63, 3.8) is 0 Å². The molecule has 0 saturated heterocycles. The largest absolute Gasteiger partial charge is 0.336 e. The number of aromatic amines is 2. The number of H-pyrrole nitrogens is 2. The molecule has 0 fully saturated rings. The SMILES string of the molecule is Cc1ncc(-c2ccc3[nH]nc(-c4nc5cnccc5[nH]4)c3n2)n1C. The van der Waals surface area contributed by atoms with Gasteiger partial charge in [-0.2, -0.15) is 5.10 Å². The number of imidazole rings is 2. The van der Waals surface area contributed by atoms with E-state index in [1.807, 2.05) is 42.9 Å². The van der Waals surface area contributed by atoms with Crippen molar-refractivity contribution in [2.24, 2.45) is 7.05 Å². The molecular formula is C17H14N8. The maximum Gasteiger partial charge on any atom is 0.161 e. The van der Waals surface area contributed by atoms with Crippen molar-refractivity contribution in [1.82, 2.24) is 39.7 Å². The van der Waals surface area contributed by atoms with Crippen molar-refractivity contribution in [2.75, 3.05) is 0 Å². The first-order chi connectivity index (χ1) is 12.2. The summed E-state index contributed by atoms with van der Waals surface area (Å²) in [4.78, 5) is 21.1. The molecule has 122 valence electrons. The van der Waals surface area contributed by atoms with Crippen molar-refractivity contribution in [2.45, 2.75) is 6.92 Å². The van der Waals surface area contributed by atoms with E-state index in [1.54, 1.807) is 12.4 Å². The highest BCUT2D eigenvalue weighted by atomic mass is 15.2. The Morgan fingerprint density at radius 3 is 2.76 bits per heavy atom. The molecule has 0 aliphatic heterocycles. The van der Waals surface area contributed by atoms with E-state index in [0.717, 1.165) is 39.3 Å². The summed E-state index contributed by atoms with van der Waals surface area (Å²) in [5.74, 6) is 1.61. The Balaban J connectivity index is 1.71. The smallest absolute Gasteiger partial charge is 0.161 e. The fraction of sp³-hybridized carbons (Fsp3) is 0.118. The zero-order chi connectivity index (χ0) is 17.0. The quantitative estimate of drug-likeness (QED) is 0.518. The maximum absolute atomic E-state index is 4.80. The molecule has 8 heteroatoms. The zero-order valence-electron chi connectivity index (χ0n) is 13.6. The second-order valence-electron chi connectivity index (χ2n) is 5.89. The first-order valence-corrected chi connectivity index (χ1v) is 7.84. The van der Waals surface area contributed by atoms with Gasteiger partial charge in [-0.25, -0.2) is 15.0 Å². The van der Waals surface area contributed by atoms with E-state index in [-0.39, 0.29) is 0 Å². The molecule has 25 heavy (non-hydrogen) atoms. The van der Waals surface area contributed by atoms with Gasteiger partial charge < -0.3 is 9.55 Å². The van der Waals surface area contributed by atoms with Crippen molar-refractivity contribution < 1.29 is 0 Å². The monoisotopic (exact) mass is 330 g/mol. The predicted molar refractivity (Wildman–Crippen MR) is 93.7 cm³/mol. The van der Waals surface area contributed by atoms with Gasteiger partial charge in [0.25, 0.3) is 0 Å². The summed E-state index contributed by atoms with van der Waals surface area (Å²) in [5.41, 5.74) is 5.83. The summed E-state index contributed by atoms with van der Waals surface area (Å²) in [6.07, 6.45) is 5.28. The molecule has 0 saturated carbocycles. The van der Waals surface area contributed by atoms with Crippen LogP contribution < -0.4 is 0 Å². The molecule has 8 nitrogen and oxygen atoms in total. The number of hydrogen-bond acceptors (Lipinski definition) is 5. The fourth-order valence-electron chi connectivity index (χ4n) is 2.92. The molecule has 0 radical (unpaired) electrons. The Bertz CT molecular complexity index is 1190. The minimum Gasteiger partial charge on any atom is -0.336 e. The van der Waals surface area contributed by atoms with E-state index in [1.165, 1.54) is 0 Å². The highest BCUT2D eigenvalue weighted by molar-refractivity contribution is 5.91. The Kier molecular flexibility index (Phi) is 2.75. The van der Waals surface area contributed by atoms with Gasteiger partial charge in [0.2, 0.25) is 0 Å². The molecular weight excluding hydrogens is 316 g/mol. The van der Waals surface area contributed by atoms with Crippen LogP contribution in [0.3, 0.4) is 0 Å². The van der Waals surface area contributed by atoms with Gasteiger partial charge >= 0.3 is 0 Å². The maximum atomic E-state index is 4.80. The number of aromatic nitrogens is 8. The van der Waals surface area contributed by atoms with Gasteiger partial charge in [0.05, 0.1) is 34.8 Å². The van der Waals surface area contributed by atoms with Crippen LogP contribution in [0, 0.1) is 6.92 Å². The highest BCUT2D eigenvalue weighted by Gasteiger charge is 2.16. The molecule has 5 rings (SSSR count). The first kappa shape index (κ1) is 13.8. The van der Waals surface area contributed by atoms with E-state index in [0.29, 0.717) is 11.5 Å². The minimum absolute atomic E-state index is 0.667. The summed E-state index contributed by atoms with van der Waals surface area (Å²) >= 11 is 0. The molecule has 0 unspecified atom stereocenters. The van der Waals surface area contributed by atoms with E-state index >= 15 is 0 Å². The van der Waals surface area contributed by atoms with Crippen molar-refractivity contribution in [3.05, 3.63) is 42.6 Å². The third kappa shape index (κ3) is 2.04. The topological polar surface area (TPSA) is 101 Å². The van der Waals surface area contributed by atoms with Crippen LogP contribution in [0.1, 0.15) is 5.82 Å². The number of nitrogens with zero attached hydrogens (tertiary/aromatic N) is 6. The number of nitrogens with one attached hydrogen (secondary N) is 2. The molecule has 5 aromatic heterocycles. The van der Waals surface area contributed by atoms with Crippen molar-refractivity contribution >= 4 is 22.1 Å². The number of hydrogen-bond donors (Lipinski definition) is 2. The Morgan fingerprint density at radius 1 is 1.04 bits per heavy atom. The molecule has 0 atom stereocenters. The summed E-state index contributed by atoms with van der Waals surface area (Å²) in [6.45, 7) is 1.97. The normalized spacial score (nSPS) is 11.6. The Hall–Kier alpha value is -3.55. The lowest BCUT2D eigenvalue weighted by atomic mass is 10.2. The summed E-state index contributed by atoms with van der Waals surface area (Å²) < 4.78 is 2.01. The van der Waals surface area contributed by atoms with Crippen molar-refractivity contribution in [1.29, 1.82) is 0 Å². The standard InChI is InChI=1S/C17H14N8/c1-9-19-8-14(25(9)2)11-3-4-12-15(20-11)16(24-23-12)17-21-10-5-6-18-7-13(10)22-17/h3-8H,1-2H3,(H,21,22)(H,23,24). The van der Waals surface area contributed by atoms with Crippen LogP contribution in [-0.2, 0) is 7.05 Å². The number of aryl methyl sites for hydroxylation is 1. The van der Waals surface area contributed by atoms with Gasteiger partial charge in [0.1, 0.15) is 16.9 Å². The second-order valence-corrected chi connectivity index (χ2v) is 5.89. The van der Waals surface area contributed by atoms with Crippen LogP contribution in [-0.4, -0.2) is 39.7 Å². The van der Waals surface area contributed by atoms with E-state index < -0.39 is 0 Å². The lowest BCUT2D eigenvalue weighted by molar-refractivity contribution is 0.862. The van der Waals surface area contributed by atoms with Crippen molar-refractivity contribution in [3.8, 4) is 22.9 Å². The van der Waals surface area contributed by atoms with E-state index in [9.17, 15) is 0 Å². The Labute approximate surface area is 142 Å². The third-order valence-corrected chi connectivity index (χ3v) is 4.40. The van der Waals surface area contributed by atoms with E-state index in [4.69, 9.17) is 4.98 Å². The van der Waals surface area contributed by atoms with Gasteiger partial charge in [-0.3, -0.25) is 10.1 Å². The molecule has 0 spiro atoms.